The predicted octanol–water partition coefficient (Wildman–Crippen LogP) is 2.07. The van der Waals surface area contributed by atoms with E-state index in [9.17, 15) is 26.7 Å². The molecule has 0 bridgehead atoms. The average molecular weight is 286 g/mol. The van der Waals surface area contributed by atoms with E-state index in [2.05, 4.69) is 9.72 Å². The highest BCUT2D eigenvalue weighted by Crippen LogP contribution is 2.32. The summed E-state index contributed by atoms with van der Waals surface area (Å²) in [5.41, 5.74) is 2.75. The van der Waals surface area contributed by atoms with Gasteiger partial charge in [-0.2, -0.15) is 0 Å². The van der Waals surface area contributed by atoms with Gasteiger partial charge in [0.1, 0.15) is 0 Å². The van der Waals surface area contributed by atoms with Crippen molar-refractivity contribution in [3.05, 3.63) is 22.9 Å². The van der Waals surface area contributed by atoms with Crippen molar-refractivity contribution in [3.63, 3.8) is 0 Å². The molecule has 1 rings (SSSR count). The Morgan fingerprint density at radius 3 is 2.42 bits per heavy atom. The summed E-state index contributed by atoms with van der Waals surface area (Å²) in [7, 11) is 0. The number of ether oxygens (including phenoxy) is 1. The van der Waals surface area contributed by atoms with Crippen LogP contribution in [0, 0.1) is 0 Å². The number of aromatic carboxylic acids is 1. The summed E-state index contributed by atoms with van der Waals surface area (Å²) >= 11 is 0. The molecule has 0 amide bonds. The second kappa shape index (κ2) is 5.34. The normalized spacial score (nSPS) is 11.7. The van der Waals surface area contributed by atoms with Gasteiger partial charge in [-0.25, -0.2) is 18.6 Å². The van der Waals surface area contributed by atoms with Gasteiger partial charge in [0.05, 0.1) is 5.56 Å². The third-order valence-corrected chi connectivity index (χ3v) is 1.96. The van der Waals surface area contributed by atoms with E-state index in [4.69, 9.17) is 10.8 Å². The Hall–Kier alpha value is -1.97. The zero-order valence-electron chi connectivity index (χ0n) is 9.04. The van der Waals surface area contributed by atoms with E-state index in [-0.39, 0.29) is 5.56 Å². The first-order valence-corrected chi connectivity index (χ1v) is 4.66. The monoisotopic (exact) mass is 286 g/mol. The summed E-state index contributed by atoms with van der Waals surface area (Å²) in [6.07, 6.45) is -8.59. The van der Waals surface area contributed by atoms with E-state index in [0.29, 0.717) is 6.07 Å². The second-order valence-corrected chi connectivity index (χ2v) is 3.25. The molecule has 0 atom stereocenters. The maximum absolute atomic E-state index is 12.6. The van der Waals surface area contributed by atoms with E-state index in [0.717, 1.165) is 0 Å². The SMILES string of the molecule is NCc1cc(C(F)F)c(OC(F)(F)F)nc1C(=O)O. The number of carbonyl (C=O) groups is 1. The lowest BCUT2D eigenvalue weighted by molar-refractivity contribution is -0.276. The van der Waals surface area contributed by atoms with Gasteiger partial charge in [0.2, 0.25) is 5.88 Å². The van der Waals surface area contributed by atoms with Gasteiger partial charge in [-0.05, 0) is 11.6 Å². The zero-order valence-corrected chi connectivity index (χ0v) is 9.04. The predicted molar refractivity (Wildman–Crippen MR) is 50.7 cm³/mol. The fourth-order valence-electron chi connectivity index (χ4n) is 1.24. The lowest BCUT2D eigenvalue weighted by Crippen LogP contribution is -2.21. The van der Waals surface area contributed by atoms with Crippen LogP contribution in [0.1, 0.15) is 28.0 Å². The quantitative estimate of drug-likeness (QED) is 0.828. The number of hydrogen-bond donors (Lipinski definition) is 2. The number of hydrogen-bond acceptors (Lipinski definition) is 4. The standard InChI is InChI=1S/C9H7F5N2O3/c10-6(11)4-1-3(2-15)5(8(17)18)16-7(4)19-9(12,13)14/h1,6H,2,15H2,(H,17,18). The summed E-state index contributed by atoms with van der Waals surface area (Å²) in [4.78, 5) is 13.7. The summed E-state index contributed by atoms with van der Waals surface area (Å²) in [5.74, 6) is -3.20. The van der Waals surface area contributed by atoms with Crippen LogP contribution >= 0.6 is 0 Å². The second-order valence-electron chi connectivity index (χ2n) is 3.25. The maximum atomic E-state index is 12.6. The fourth-order valence-corrected chi connectivity index (χ4v) is 1.24. The van der Waals surface area contributed by atoms with E-state index < -0.39 is 42.4 Å². The molecule has 1 heterocycles. The molecule has 0 aliphatic carbocycles. The summed E-state index contributed by atoms with van der Waals surface area (Å²) in [5, 5.41) is 8.71. The molecule has 3 N–H and O–H groups in total. The number of nitrogens with zero attached hydrogens (tertiary/aromatic N) is 1. The highest BCUT2D eigenvalue weighted by Gasteiger charge is 2.35. The van der Waals surface area contributed by atoms with Crippen LogP contribution in [-0.4, -0.2) is 22.4 Å². The van der Waals surface area contributed by atoms with Crippen molar-refractivity contribution in [2.75, 3.05) is 0 Å². The van der Waals surface area contributed by atoms with Crippen LogP contribution in [0.3, 0.4) is 0 Å². The first kappa shape index (κ1) is 15.1. The van der Waals surface area contributed by atoms with Crippen molar-refractivity contribution >= 4 is 5.97 Å². The van der Waals surface area contributed by atoms with Crippen LogP contribution in [0.25, 0.3) is 0 Å². The first-order chi connectivity index (χ1) is 8.65. The number of alkyl halides is 5. The van der Waals surface area contributed by atoms with Crippen molar-refractivity contribution in [3.8, 4) is 5.88 Å². The Morgan fingerprint density at radius 1 is 1.47 bits per heavy atom. The number of pyridine rings is 1. The maximum Gasteiger partial charge on any atom is 0.574 e. The molecule has 10 heteroatoms. The van der Waals surface area contributed by atoms with Crippen molar-refractivity contribution in [2.24, 2.45) is 5.73 Å². The minimum absolute atomic E-state index is 0.322. The number of aromatic nitrogens is 1. The Labute approximate surface area is 102 Å². The number of rotatable bonds is 4. The van der Waals surface area contributed by atoms with Crippen molar-refractivity contribution < 1.29 is 36.6 Å². The molecule has 0 aromatic carbocycles. The van der Waals surface area contributed by atoms with Gasteiger partial charge in [0.15, 0.2) is 5.69 Å². The molecule has 1 aromatic rings. The Kier molecular flexibility index (Phi) is 4.24. The van der Waals surface area contributed by atoms with Gasteiger partial charge >= 0.3 is 12.3 Å². The van der Waals surface area contributed by atoms with Crippen LogP contribution in [0.4, 0.5) is 22.0 Å². The summed E-state index contributed by atoms with van der Waals surface area (Å²) < 4.78 is 64.5. The molecule has 0 saturated heterocycles. The number of carboxylic acids is 1. The molecule has 0 aliphatic rings. The lowest BCUT2D eigenvalue weighted by atomic mass is 10.1. The smallest absolute Gasteiger partial charge is 0.476 e. The van der Waals surface area contributed by atoms with Crippen molar-refractivity contribution in [1.82, 2.24) is 4.98 Å². The largest absolute Gasteiger partial charge is 0.574 e. The van der Waals surface area contributed by atoms with Crippen molar-refractivity contribution in [1.29, 1.82) is 0 Å². The molecular weight excluding hydrogens is 279 g/mol. The first-order valence-electron chi connectivity index (χ1n) is 4.66. The third-order valence-electron chi connectivity index (χ3n) is 1.96. The highest BCUT2D eigenvalue weighted by atomic mass is 19.4. The fraction of sp³-hybridized carbons (Fsp3) is 0.333. The van der Waals surface area contributed by atoms with Crippen LogP contribution < -0.4 is 10.5 Å². The minimum atomic E-state index is -5.27. The van der Waals surface area contributed by atoms with Crippen LogP contribution in [0.2, 0.25) is 0 Å². The molecular formula is C9H7F5N2O3. The van der Waals surface area contributed by atoms with Gasteiger partial charge in [0, 0.05) is 6.54 Å². The summed E-state index contributed by atoms with van der Waals surface area (Å²) in [6.45, 7) is -0.472. The molecule has 106 valence electrons. The van der Waals surface area contributed by atoms with Crippen LogP contribution in [-0.2, 0) is 6.54 Å². The number of nitrogens with two attached hydrogens (primary N) is 1. The molecule has 0 saturated carbocycles. The molecule has 0 spiro atoms. The van der Waals surface area contributed by atoms with Crippen LogP contribution in [0.15, 0.2) is 6.07 Å². The zero-order chi connectivity index (χ0) is 14.8. The van der Waals surface area contributed by atoms with E-state index >= 15 is 0 Å². The van der Waals surface area contributed by atoms with E-state index in [1.54, 1.807) is 0 Å². The topological polar surface area (TPSA) is 85.4 Å². The molecule has 0 fully saturated rings. The number of carboxylic acid groups (broad SMARTS) is 1. The minimum Gasteiger partial charge on any atom is -0.476 e. The van der Waals surface area contributed by atoms with Gasteiger partial charge < -0.3 is 15.6 Å². The molecule has 5 nitrogen and oxygen atoms in total. The third kappa shape index (κ3) is 3.74. The van der Waals surface area contributed by atoms with Gasteiger partial charge in [0.25, 0.3) is 6.43 Å². The Morgan fingerprint density at radius 2 is 2.05 bits per heavy atom. The molecule has 0 aliphatic heterocycles. The number of halogens is 5. The molecule has 0 radical (unpaired) electrons. The molecule has 1 aromatic heterocycles. The summed E-state index contributed by atoms with van der Waals surface area (Å²) in [6, 6.07) is 0.530. The highest BCUT2D eigenvalue weighted by molar-refractivity contribution is 5.87. The van der Waals surface area contributed by atoms with Crippen molar-refractivity contribution in [2.45, 2.75) is 19.3 Å². The molecule has 19 heavy (non-hydrogen) atoms. The van der Waals surface area contributed by atoms with Crippen LogP contribution in [0.5, 0.6) is 5.88 Å². The Balaban J connectivity index is 3.41. The molecule has 0 unspecified atom stereocenters. The van der Waals surface area contributed by atoms with Gasteiger partial charge in [-0.1, -0.05) is 0 Å². The van der Waals surface area contributed by atoms with E-state index in [1.165, 1.54) is 0 Å². The van der Waals surface area contributed by atoms with Gasteiger partial charge in [-0.15, -0.1) is 13.2 Å². The lowest BCUT2D eigenvalue weighted by Gasteiger charge is -2.14. The Bertz CT molecular complexity index is 489. The van der Waals surface area contributed by atoms with Gasteiger partial charge in [-0.3, -0.25) is 0 Å². The average Bonchev–Trinajstić information content (AvgIpc) is 2.25. The van der Waals surface area contributed by atoms with E-state index in [1.807, 2.05) is 0 Å².